The largest absolute Gasteiger partial charge is 0.478 e. The molecule has 3 rings (SSSR count). The van der Waals surface area contributed by atoms with Crippen LogP contribution in [0, 0.1) is 10.1 Å². The van der Waals surface area contributed by atoms with Crippen LogP contribution in [0.4, 0.5) is 5.69 Å². The van der Waals surface area contributed by atoms with Crippen LogP contribution >= 0.6 is 0 Å². The molecule has 0 aliphatic heterocycles. The minimum atomic E-state index is -1.22. The maximum absolute atomic E-state index is 11.3. The van der Waals surface area contributed by atoms with Gasteiger partial charge in [0, 0.05) is 24.2 Å². The second-order valence-electron chi connectivity index (χ2n) is 4.72. The topological polar surface area (TPSA) is 98.3 Å². The summed E-state index contributed by atoms with van der Waals surface area (Å²) >= 11 is 0. The highest BCUT2D eigenvalue weighted by Gasteiger charge is 2.26. The summed E-state index contributed by atoms with van der Waals surface area (Å²) in [5.74, 6) is -0.755. The predicted molar refractivity (Wildman–Crippen MR) is 69.2 cm³/mol. The van der Waals surface area contributed by atoms with Crippen LogP contribution in [0.15, 0.2) is 30.5 Å². The second kappa shape index (κ2) is 4.44. The minimum Gasteiger partial charge on any atom is -0.478 e. The van der Waals surface area contributed by atoms with Crippen LogP contribution in [-0.4, -0.2) is 25.8 Å². The van der Waals surface area contributed by atoms with Gasteiger partial charge in [0.15, 0.2) is 0 Å². The van der Waals surface area contributed by atoms with E-state index in [2.05, 4.69) is 5.10 Å². The molecule has 102 valence electrons. The number of hydrogen-bond donors (Lipinski definition) is 1. The standard InChI is InChI=1S/C13H11N3O4/c17-13(18)10-7-9(16(19)20)3-4-12(10)15-6-5-11(14-15)8-1-2-8/h3-8H,1-2H2,(H,17,18). The smallest absolute Gasteiger partial charge is 0.338 e. The minimum absolute atomic E-state index is 0.135. The molecule has 0 spiro atoms. The third kappa shape index (κ3) is 2.13. The molecule has 1 aromatic heterocycles. The Hall–Kier alpha value is -2.70. The number of hydrogen-bond acceptors (Lipinski definition) is 4. The van der Waals surface area contributed by atoms with Gasteiger partial charge in [-0.15, -0.1) is 0 Å². The Labute approximate surface area is 113 Å². The van der Waals surface area contributed by atoms with Gasteiger partial charge in [-0.2, -0.15) is 5.10 Å². The summed E-state index contributed by atoms with van der Waals surface area (Å²) in [5, 5.41) is 24.3. The lowest BCUT2D eigenvalue weighted by atomic mass is 10.1. The number of nitro groups is 1. The first-order valence-corrected chi connectivity index (χ1v) is 6.14. The molecule has 1 heterocycles. The average molecular weight is 273 g/mol. The van der Waals surface area contributed by atoms with Crippen LogP contribution < -0.4 is 0 Å². The third-order valence-corrected chi connectivity index (χ3v) is 3.27. The SMILES string of the molecule is O=C(O)c1cc([N+](=O)[O-])ccc1-n1ccc(C2CC2)n1. The molecule has 1 aliphatic rings. The first kappa shape index (κ1) is 12.3. The van der Waals surface area contributed by atoms with E-state index >= 15 is 0 Å². The van der Waals surface area contributed by atoms with Crippen molar-refractivity contribution in [1.82, 2.24) is 9.78 Å². The van der Waals surface area contributed by atoms with Crippen molar-refractivity contribution in [2.24, 2.45) is 0 Å². The molecule has 0 amide bonds. The normalized spacial score (nSPS) is 14.2. The zero-order valence-corrected chi connectivity index (χ0v) is 10.4. The summed E-state index contributed by atoms with van der Waals surface area (Å²) in [7, 11) is 0. The number of nitro benzene ring substituents is 1. The summed E-state index contributed by atoms with van der Waals surface area (Å²) in [6.07, 6.45) is 3.88. The summed E-state index contributed by atoms with van der Waals surface area (Å²) in [6.45, 7) is 0. The van der Waals surface area contributed by atoms with E-state index < -0.39 is 10.9 Å². The lowest BCUT2D eigenvalue weighted by Gasteiger charge is -2.05. The molecule has 1 fully saturated rings. The molecule has 1 N–H and O–H groups in total. The summed E-state index contributed by atoms with van der Waals surface area (Å²) in [5.41, 5.74) is 0.875. The van der Waals surface area contributed by atoms with Crippen molar-refractivity contribution in [1.29, 1.82) is 0 Å². The van der Waals surface area contributed by atoms with Gasteiger partial charge in [0.1, 0.15) is 0 Å². The zero-order valence-electron chi connectivity index (χ0n) is 10.4. The van der Waals surface area contributed by atoms with Gasteiger partial charge in [-0.1, -0.05) is 0 Å². The Morgan fingerprint density at radius 1 is 1.40 bits per heavy atom. The van der Waals surface area contributed by atoms with Gasteiger partial charge in [0.05, 0.1) is 21.9 Å². The Balaban J connectivity index is 2.06. The van der Waals surface area contributed by atoms with Crippen LogP contribution in [-0.2, 0) is 0 Å². The molecule has 1 saturated carbocycles. The van der Waals surface area contributed by atoms with Crippen LogP contribution in [0.25, 0.3) is 5.69 Å². The number of benzene rings is 1. The highest BCUT2D eigenvalue weighted by atomic mass is 16.6. The molecule has 7 heteroatoms. The molecular formula is C13H11N3O4. The molecule has 2 aromatic rings. The van der Waals surface area contributed by atoms with E-state index in [9.17, 15) is 20.0 Å². The van der Waals surface area contributed by atoms with Crippen molar-refractivity contribution < 1.29 is 14.8 Å². The molecule has 0 atom stereocenters. The number of aromatic nitrogens is 2. The van der Waals surface area contributed by atoms with Crippen LogP contribution in [0.2, 0.25) is 0 Å². The maximum atomic E-state index is 11.3. The van der Waals surface area contributed by atoms with Crippen LogP contribution in [0.1, 0.15) is 34.8 Å². The van der Waals surface area contributed by atoms with Crippen LogP contribution in [0.3, 0.4) is 0 Å². The summed E-state index contributed by atoms with van der Waals surface area (Å²) in [6, 6.07) is 5.59. The Kier molecular flexibility index (Phi) is 2.74. The molecule has 0 radical (unpaired) electrons. The van der Waals surface area contributed by atoms with Gasteiger partial charge >= 0.3 is 5.97 Å². The first-order chi connectivity index (χ1) is 9.56. The Bertz CT molecular complexity index is 703. The highest BCUT2D eigenvalue weighted by Crippen LogP contribution is 2.39. The van der Waals surface area contributed by atoms with E-state index in [1.807, 2.05) is 6.07 Å². The third-order valence-electron chi connectivity index (χ3n) is 3.27. The number of carbonyl (C=O) groups is 1. The lowest BCUT2D eigenvalue weighted by molar-refractivity contribution is -0.384. The Morgan fingerprint density at radius 2 is 2.15 bits per heavy atom. The number of carboxylic acids is 1. The molecule has 1 aromatic carbocycles. The van der Waals surface area contributed by atoms with Gasteiger partial charge in [-0.05, 0) is 25.0 Å². The molecule has 1 aliphatic carbocycles. The first-order valence-electron chi connectivity index (χ1n) is 6.14. The Morgan fingerprint density at radius 3 is 2.75 bits per heavy atom. The number of non-ortho nitro benzene ring substituents is 1. The fraction of sp³-hybridized carbons (Fsp3) is 0.231. The van der Waals surface area contributed by atoms with Gasteiger partial charge < -0.3 is 5.11 Å². The quantitative estimate of drug-likeness (QED) is 0.681. The zero-order chi connectivity index (χ0) is 14.3. The fourth-order valence-electron chi connectivity index (χ4n) is 2.08. The highest BCUT2D eigenvalue weighted by molar-refractivity contribution is 5.92. The maximum Gasteiger partial charge on any atom is 0.338 e. The monoisotopic (exact) mass is 273 g/mol. The number of rotatable bonds is 4. The molecule has 20 heavy (non-hydrogen) atoms. The fourth-order valence-corrected chi connectivity index (χ4v) is 2.08. The van der Waals surface area contributed by atoms with E-state index in [0.29, 0.717) is 11.6 Å². The van der Waals surface area contributed by atoms with Gasteiger partial charge in [-0.25, -0.2) is 9.48 Å². The molecule has 0 unspecified atom stereocenters. The van der Waals surface area contributed by atoms with E-state index in [4.69, 9.17) is 0 Å². The summed E-state index contributed by atoms with van der Waals surface area (Å²) < 4.78 is 1.46. The van der Waals surface area contributed by atoms with Crippen molar-refractivity contribution in [3.63, 3.8) is 0 Å². The van der Waals surface area contributed by atoms with E-state index in [-0.39, 0.29) is 11.3 Å². The number of aromatic carboxylic acids is 1. The molecule has 0 bridgehead atoms. The second-order valence-corrected chi connectivity index (χ2v) is 4.72. The summed E-state index contributed by atoms with van der Waals surface area (Å²) in [4.78, 5) is 21.4. The average Bonchev–Trinajstić information content (AvgIpc) is 3.16. The molecule has 7 nitrogen and oxygen atoms in total. The van der Waals surface area contributed by atoms with E-state index in [1.165, 1.54) is 16.8 Å². The van der Waals surface area contributed by atoms with Crippen molar-refractivity contribution in [3.8, 4) is 5.69 Å². The number of carboxylic acid groups (broad SMARTS) is 1. The molecule has 0 saturated heterocycles. The van der Waals surface area contributed by atoms with Crippen molar-refractivity contribution >= 4 is 11.7 Å². The predicted octanol–water partition coefficient (Wildman–Crippen LogP) is 2.36. The van der Waals surface area contributed by atoms with Gasteiger partial charge in [-0.3, -0.25) is 10.1 Å². The van der Waals surface area contributed by atoms with Crippen molar-refractivity contribution in [2.45, 2.75) is 18.8 Å². The van der Waals surface area contributed by atoms with Gasteiger partial charge in [0.2, 0.25) is 0 Å². The van der Waals surface area contributed by atoms with Crippen LogP contribution in [0.5, 0.6) is 0 Å². The number of nitrogens with zero attached hydrogens (tertiary/aromatic N) is 3. The lowest BCUT2D eigenvalue weighted by Crippen LogP contribution is -2.07. The van der Waals surface area contributed by atoms with Crippen molar-refractivity contribution in [3.05, 3.63) is 51.8 Å². The van der Waals surface area contributed by atoms with Gasteiger partial charge in [0.25, 0.3) is 5.69 Å². The molecular weight excluding hydrogens is 262 g/mol. The van der Waals surface area contributed by atoms with E-state index in [0.717, 1.165) is 24.6 Å². The van der Waals surface area contributed by atoms with E-state index in [1.54, 1.807) is 6.20 Å². The van der Waals surface area contributed by atoms with Crippen molar-refractivity contribution in [2.75, 3.05) is 0 Å².